The molecule has 2 heterocycles. The number of hydrogen-bond donors (Lipinski definition) is 2. The number of benzene rings is 1. The van der Waals surface area contributed by atoms with E-state index in [1.807, 2.05) is 13.8 Å². The SMILES string of the molecule is COc1ccc(C(=O)N2C[C@@H](NC(=O)CC(C)C)C[C@H]2c2n[nH]c(C)n2)cc1F. The average molecular weight is 403 g/mol. The third-order valence-corrected chi connectivity index (χ3v) is 4.83. The molecule has 2 amide bonds. The Balaban J connectivity index is 1.83. The molecule has 8 nitrogen and oxygen atoms in total. The van der Waals surface area contributed by atoms with Crippen LogP contribution in [0.1, 0.15) is 54.7 Å². The first-order valence-electron chi connectivity index (χ1n) is 9.61. The van der Waals surface area contributed by atoms with E-state index in [0.717, 1.165) is 6.07 Å². The van der Waals surface area contributed by atoms with E-state index in [4.69, 9.17) is 4.74 Å². The summed E-state index contributed by atoms with van der Waals surface area (Å²) in [6.45, 7) is 6.02. The molecular weight excluding hydrogens is 377 g/mol. The minimum absolute atomic E-state index is 0.0558. The molecule has 0 aliphatic carbocycles. The zero-order chi connectivity index (χ0) is 21.1. The first-order valence-corrected chi connectivity index (χ1v) is 9.61. The zero-order valence-corrected chi connectivity index (χ0v) is 17.0. The van der Waals surface area contributed by atoms with Crippen molar-refractivity contribution in [3.8, 4) is 5.75 Å². The van der Waals surface area contributed by atoms with Crippen LogP contribution < -0.4 is 10.1 Å². The molecule has 1 aromatic carbocycles. The largest absolute Gasteiger partial charge is 0.494 e. The molecule has 2 N–H and O–H groups in total. The second kappa shape index (κ2) is 8.59. The summed E-state index contributed by atoms with van der Waals surface area (Å²) in [5.74, 6) is 0.412. The number of carbonyl (C=O) groups excluding carboxylic acids is 2. The van der Waals surface area contributed by atoms with Crippen molar-refractivity contribution in [2.75, 3.05) is 13.7 Å². The Morgan fingerprint density at radius 3 is 2.76 bits per heavy atom. The molecule has 156 valence electrons. The van der Waals surface area contributed by atoms with E-state index in [9.17, 15) is 14.0 Å². The lowest BCUT2D eigenvalue weighted by Gasteiger charge is -2.22. The van der Waals surface area contributed by atoms with Crippen LogP contribution in [0.25, 0.3) is 0 Å². The lowest BCUT2D eigenvalue weighted by molar-refractivity contribution is -0.122. The Morgan fingerprint density at radius 1 is 1.41 bits per heavy atom. The number of rotatable bonds is 6. The molecule has 9 heteroatoms. The molecule has 0 radical (unpaired) electrons. The smallest absolute Gasteiger partial charge is 0.254 e. The number of nitrogens with one attached hydrogen (secondary N) is 2. The number of hydrogen-bond acceptors (Lipinski definition) is 5. The van der Waals surface area contributed by atoms with Crippen molar-refractivity contribution in [1.82, 2.24) is 25.4 Å². The van der Waals surface area contributed by atoms with Crippen LogP contribution in [-0.4, -0.2) is 51.6 Å². The number of H-pyrrole nitrogens is 1. The Hall–Kier alpha value is -2.97. The van der Waals surface area contributed by atoms with Gasteiger partial charge in [-0.15, -0.1) is 0 Å². The monoisotopic (exact) mass is 403 g/mol. The normalized spacial score (nSPS) is 18.9. The van der Waals surface area contributed by atoms with Gasteiger partial charge >= 0.3 is 0 Å². The van der Waals surface area contributed by atoms with Crippen molar-refractivity contribution in [3.05, 3.63) is 41.2 Å². The number of aryl methyl sites for hydroxylation is 1. The number of carbonyl (C=O) groups is 2. The van der Waals surface area contributed by atoms with Crippen LogP contribution >= 0.6 is 0 Å². The van der Waals surface area contributed by atoms with Crippen LogP contribution in [0.5, 0.6) is 5.75 Å². The molecular formula is C20H26FN5O3. The van der Waals surface area contributed by atoms with Crippen molar-refractivity contribution in [1.29, 1.82) is 0 Å². The van der Waals surface area contributed by atoms with Gasteiger partial charge in [-0.3, -0.25) is 14.7 Å². The van der Waals surface area contributed by atoms with Gasteiger partial charge in [0.2, 0.25) is 5.91 Å². The van der Waals surface area contributed by atoms with Gasteiger partial charge in [-0.25, -0.2) is 9.37 Å². The van der Waals surface area contributed by atoms with Gasteiger partial charge in [0.25, 0.3) is 5.91 Å². The number of likely N-dealkylation sites (tertiary alicyclic amines) is 1. The molecule has 1 saturated heterocycles. The number of methoxy groups -OCH3 is 1. The molecule has 2 atom stereocenters. The van der Waals surface area contributed by atoms with Gasteiger partial charge in [-0.05, 0) is 37.5 Å². The topological polar surface area (TPSA) is 100 Å². The van der Waals surface area contributed by atoms with Crippen LogP contribution in [0, 0.1) is 18.7 Å². The first-order chi connectivity index (χ1) is 13.8. The standard InChI is InChI=1S/C20H26FN5O3/c1-11(2)7-18(27)23-14-9-16(19-22-12(3)24-25-19)26(10-14)20(28)13-5-6-17(29-4)15(21)8-13/h5-6,8,11,14,16H,7,9-10H2,1-4H3,(H,23,27)(H,22,24,25)/t14-,16-/m0/s1. The number of amides is 2. The van der Waals surface area contributed by atoms with Crippen molar-refractivity contribution >= 4 is 11.8 Å². The zero-order valence-electron chi connectivity index (χ0n) is 17.0. The molecule has 2 aromatic rings. The van der Waals surface area contributed by atoms with Gasteiger partial charge in [-0.1, -0.05) is 13.8 Å². The highest BCUT2D eigenvalue weighted by Crippen LogP contribution is 2.32. The second-order valence-corrected chi connectivity index (χ2v) is 7.70. The van der Waals surface area contributed by atoms with Crippen LogP contribution in [-0.2, 0) is 4.79 Å². The van der Waals surface area contributed by atoms with Crippen molar-refractivity contribution in [2.45, 2.75) is 45.7 Å². The Labute approximate surface area is 168 Å². The Morgan fingerprint density at radius 2 is 2.17 bits per heavy atom. The average Bonchev–Trinajstić information content (AvgIpc) is 3.26. The first kappa shape index (κ1) is 20.8. The van der Waals surface area contributed by atoms with E-state index in [0.29, 0.717) is 31.0 Å². The fourth-order valence-corrected chi connectivity index (χ4v) is 3.54. The van der Waals surface area contributed by atoms with Crippen LogP contribution in [0.15, 0.2) is 18.2 Å². The minimum Gasteiger partial charge on any atom is -0.494 e. The fraction of sp³-hybridized carbons (Fsp3) is 0.500. The number of aromatic nitrogens is 3. The van der Waals surface area contributed by atoms with Crippen LogP contribution in [0.2, 0.25) is 0 Å². The molecule has 29 heavy (non-hydrogen) atoms. The molecule has 1 fully saturated rings. The van der Waals surface area contributed by atoms with E-state index in [-0.39, 0.29) is 35.1 Å². The molecule has 0 bridgehead atoms. The lowest BCUT2D eigenvalue weighted by atomic mass is 10.1. The van der Waals surface area contributed by atoms with Crippen molar-refractivity contribution in [2.24, 2.45) is 5.92 Å². The van der Waals surface area contributed by atoms with Gasteiger partial charge in [0, 0.05) is 24.6 Å². The Kier molecular flexibility index (Phi) is 6.14. The molecule has 0 spiro atoms. The van der Waals surface area contributed by atoms with E-state index >= 15 is 0 Å². The quantitative estimate of drug-likeness (QED) is 0.771. The number of ether oxygens (including phenoxy) is 1. The summed E-state index contributed by atoms with van der Waals surface area (Å²) in [5.41, 5.74) is 0.203. The number of nitrogens with zero attached hydrogens (tertiary/aromatic N) is 3. The van der Waals surface area contributed by atoms with Gasteiger partial charge in [-0.2, -0.15) is 5.10 Å². The fourth-order valence-electron chi connectivity index (χ4n) is 3.54. The summed E-state index contributed by atoms with van der Waals surface area (Å²) in [5, 5.41) is 9.97. The predicted molar refractivity (Wildman–Crippen MR) is 104 cm³/mol. The second-order valence-electron chi connectivity index (χ2n) is 7.70. The molecule has 1 aromatic heterocycles. The van der Waals surface area contributed by atoms with E-state index in [1.165, 1.54) is 19.2 Å². The maximum absolute atomic E-state index is 14.1. The Bertz CT molecular complexity index is 898. The van der Waals surface area contributed by atoms with E-state index in [2.05, 4.69) is 20.5 Å². The van der Waals surface area contributed by atoms with E-state index < -0.39 is 11.9 Å². The van der Waals surface area contributed by atoms with Gasteiger partial charge in [0.15, 0.2) is 17.4 Å². The minimum atomic E-state index is -0.607. The molecule has 1 aliphatic rings. The number of halogens is 1. The highest BCUT2D eigenvalue weighted by Gasteiger charge is 2.39. The van der Waals surface area contributed by atoms with Gasteiger partial charge < -0.3 is 15.0 Å². The van der Waals surface area contributed by atoms with Crippen LogP contribution in [0.3, 0.4) is 0 Å². The third-order valence-electron chi connectivity index (χ3n) is 4.83. The molecule has 0 saturated carbocycles. The summed E-state index contributed by atoms with van der Waals surface area (Å²) >= 11 is 0. The third kappa shape index (κ3) is 4.72. The van der Waals surface area contributed by atoms with Crippen molar-refractivity contribution < 1.29 is 18.7 Å². The summed E-state index contributed by atoms with van der Waals surface area (Å²) in [7, 11) is 1.37. The summed E-state index contributed by atoms with van der Waals surface area (Å²) in [6.07, 6.45) is 0.907. The van der Waals surface area contributed by atoms with E-state index in [1.54, 1.807) is 11.8 Å². The molecule has 3 rings (SSSR count). The predicted octanol–water partition coefficient (Wildman–Crippen LogP) is 2.38. The number of aromatic amines is 1. The van der Waals surface area contributed by atoms with Gasteiger partial charge in [0.05, 0.1) is 13.2 Å². The lowest BCUT2D eigenvalue weighted by Crippen LogP contribution is -2.39. The van der Waals surface area contributed by atoms with Crippen molar-refractivity contribution in [3.63, 3.8) is 0 Å². The van der Waals surface area contributed by atoms with Crippen LogP contribution in [0.4, 0.5) is 4.39 Å². The molecule has 0 unspecified atom stereocenters. The highest BCUT2D eigenvalue weighted by atomic mass is 19.1. The maximum Gasteiger partial charge on any atom is 0.254 e. The summed E-state index contributed by atoms with van der Waals surface area (Å²) in [4.78, 5) is 31.3. The molecule has 1 aliphatic heterocycles. The summed E-state index contributed by atoms with van der Waals surface area (Å²) in [6, 6.07) is 3.47. The highest BCUT2D eigenvalue weighted by molar-refractivity contribution is 5.95. The van der Waals surface area contributed by atoms with Gasteiger partial charge in [0.1, 0.15) is 5.82 Å². The maximum atomic E-state index is 14.1. The summed E-state index contributed by atoms with van der Waals surface area (Å²) < 4.78 is 19.0.